The van der Waals surface area contributed by atoms with E-state index >= 15 is 0 Å². The Morgan fingerprint density at radius 2 is 2.24 bits per heavy atom. The number of carbonyl (C=O) groups excluding carboxylic acids is 1. The van der Waals surface area contributed by atoms with Crippen LogP contribution in [0, 0.1) is 5.82 Å². The van der Waals surface area contributed by atoms with Gasteiger partial charge in [0.25, 0.3) is 0 Å². The van der Waals surface area contributed by atoms with Crippen LogP contribution in [0.25, 0.3) is 0 Å². The van der Waals surface area contributed by atoms with Crippen molar-refractivity contribution >= 4 is 23.7 Å². The molecule has 0 N–H and O–H groups in total. The van der Waals surface area contributed by atoms with Crippen LogP contribution in [0.1, 0.15) is 23.7 Å². The Kier molecular flexibility index (Phi) is 5.48. The maximum atomic E-state index is 13.8. The number of aldehydes is 1. The van der Waals surface area contributed by atoms with E-state index in [1.54, 1.807) is 23.9 Å². The number of thioether (sulfide) groups is 1. The lowest BCUT2D eigenvalue weighted by Gasteiger charge is -2.30. The molecule has 0 aliphatic carbocycles. The summed E-state index contributed by atoms with van der Waals surface area (Å²) in [6.07, 6.45) is 3.66. The Hall–Kier alpha value is -1.03. The zero-order chi connectivity index (χ0) is 12.8. The number of carbonyl (C=O) groups is 1. The molecule has 0 aliphatic rings. The fraction of sp³-hybridized carbons (Fsp3) is 0.462. The molecule has 0 aromatic heterocycles. The minimum atomic E-state index is -0.336. The molecular weight excluding hydrogens is 237 g/mol. The van der Waals surface area contributed by atoms with E-state index in [0.717, 1.165) is 12.2 Å². The average molecular weight is 255 g/mol. The molecule has 0 spiro atoms. The standard InChI is InChI=1S/C13H18FNOS/c1-4-11(9-17-3)15(2)13-10(8-16)6-5-7-12(13)14/h5-8,11H,4,9H2,1-3H3. The first-order valence-corrected chi connectivity index (χ1v) is 7.00. The monoisotopic (exact) mass is 255 g/mol. The highest BCUT2D eigenvalue weighted by Crippen LogP contribution is 2.25. The molecule has 0 saturated carbocycles. The first-order valence-electron chi connectivity index (χ1n) is 5.61. The molecule has 0 bridgehead atoms. The predicted octanol–water partition coefficient (Wildman–Crippen LogP) is 3.22. The largest absolute Gasteiger partial charge is 0.368 e. The van der Waals surface area contributed by atoms with Crippen LogP contribution >= 0.6 is 11.8 Å². The number of para-hydroxylation sites is 1. The van der Waals surface area contributed by atoms with Crippen molar-refractivity contribution in [3.8, 4) is 0 Å². The second-order valence-electron chi connectivity index (χ2n) is 3.92. The second-order valence-corrected chi connectivity index (χ2v) is 4.83. The Bertz CT molecular complexity index is 384. The van der Waals surface area contributed by atoms with Crippen LogP contribution in [0.5, 0.6) is 0 Å². The molecule has 0 amide bonds. The molecule has 17 heavy (non-hydrogen) atoms. The van der Waals surface area contributed by atoms with E-state index in [4.69, 9.17) is 0 Å². The van der Waals surface area contributed by atoms with Crippen LogP contribution in [0.3, 0.4) is 0 Å². The number of hydrogen-bond donors (Lipinski definition) is 0. The average Bonchev–Trinajstić information content (AvgIpc) is 2.34. The fourth-order valence-corrected chi connectivity index (χ4v) is 2.72. The van der Waals surface area contributed by atoms with Crippen molar-refractivity contribution in [1.29, 1.82) is 0 Å². The minimum absolute atomic E-state index is 0.237. The number of halogens is 1. The van der Waals surface area contributed by atoms with Crippen LogP contribution in [0.15, 0.2) is 18.2 Å². The van der Waals surface area contributed by atoms with Crippen LogP contribution in [-0.2, 0) is 0 Å². The topological polar surface area (TPSA) is 20.3 Å². The van der Waals surface area contributed by atoms with Gasteiger partial charge in [-0.2, -0.15) is 11.8 Å². The van der Waals surface area contributed by atoms with E-state index in [-0.39, 0.29) is 11.9 Å². The molecule has 94 valence electrons. The maximum Gasteiger partial charge on any atom is 0.152 e. The molecule has 0 aliphatic heterocycles. The molecule has 2 nitrogen and oxygen atoms in total. The highest BCUT2D eigenvalue weighted by molar-refractivity contribution is 7.98. The zero-order valence-corrected chi connectivity index (χ0v) is 11.3. The number of benzene rings is 1. The maximum absolute atomic E-state index is 13.8. The highest BCUT2D eigenvalue weighted by atomic mass is 32.2. The van der Waals surface area contributed by atoms with E-state index in [1.165, 1.54) is 6.07 Å². The van der Waals surface area contributed by atoms with Gasteiger partial charge in [0.05, 0.1) is 5.69 Å². The molecule has 0 radical (unpaired) electrons. The summed E-state index contributed by atoms with van der Waals surface area (Å²) < 4.78 is 13.8. The van der Waals surface area contributed by atoms with Gasteiger partial charge in [-0.3, -0.25) is 4.79 Å². The minimum Gasteiger partial charge on any atom is -0.368 e. The molecule has 1 atom stereocenters. The van der Waals surface area contributed by atoms with Crippen LogP contribution in [0.2, 0.25) is 0 Å². The van der Waals surface area contributed by atoms with Gasteiger partial charge in [0.15, 0.2) is 6.29 Å². The first kappa shape index (κ1) is 14.0. The van der Waals surface area contributed by atoms with Gasteiger partial charge in [-0.15, -0.1) is 0 Å². The third-order valence-corrected chi connectivity index (χ3v) is 3.59. The zero-order valence-electron chi connectivity index (χ0n) is 10.4. The molecule has 0 fully saturated rings. The van der Waals surface area contributed by atoms with Gasteiger partial charge < -0.3 is 4.90 Å². The van der Waals surface area contributed by atoms with E-state index in [2.05, 4.69) is 6.92 Å². The fourth-order valence-electron chi connectivity index (χ4n) is 1.88. The third kappa shape index (κ3) is 3.22. The smallest absolute Gasteiger partial charge is 0.152 e. The van der Waals surface area contributed by atoms with Crippen LogP contribution in [0.4, 0.5) is 10.1 Å². The van der Waals surface area contributed by atoms with E-state index in [0.29, 0.717) is 17.5 Å². The summed E-state index contributed by atoms with van der Waals surface area (Å²) in [7, 11) is 1.84. The van der Waals surface area contributed by atoms with Gasteiger partial charge in [-0.25, -0.2) is 4.39 Å². The number of rotatable bonds is 6. The number of nitrogens with zero attached hydrogens (tertiary/aromatic N) is 1. The summed E-state index contributed by atoms with van der Waals surface area (Å²) in [4.78, 5) is 12.8. The molecule has 1 aromatic carbocycles. The Morgan fingerprint density at radius 1 is 1.53 bits per heavy atom. The van der Waals surface area contributed by atoms with Gasteiger partial charge in [0, 0.05) is 24.4 Å². The number of hydrogen-bond acceptors (Lipinski definition) is 3. The Labute approximate surface area is 106 Å². The van der Waals surface area contributed by atoms with Gasteiger partial charge in [0.1, 0.15) is 5.82 Å². The molecule has 1 unspecified atom stereocenters. The van der Waals surface area contributed by atoms with Crippen LogP contribution < -0.4 is 4.90 Å². The molecule has 1 rings (SSSR count). The summed E-state index contributed by atoms with van der Waals surface area (Å²) in [6.45, 7) is 2.07. The molecular formula is C13H18FNOS. The third-order valence-electron chi connectivity index (χ3n) is 2.88. The van der Waals surface area contributed by atoms with Gasteiger partial charge in [0.2, 0.25) is 0 Å². The van der Waals surface area contributed by atoms with Crippen molar-refractivity contribution in [3.63, 3.8) is 0 Å². The highest BCUT2D eigenvalue weighted by Gasteiger charge is 2.18. The molecule has 0 heterocycles. The quantitative estimate of drug-likeness (QED) is 0.728. The van der Waals surface area contributed by atoms with E-state index in [9.17, 15) is 9.18 Å². The summed E-state index contributed by atoms with van der Waals surface area (Å²) in [5, 5.41) is 0. The van der Waals surface area contributed by atoms with Crippen molar-refractivity contribution in [2.75, 3.05) is 24.0 Å². The lowest BCUT2D eigenvalue weighted by atomic mass is 10.1. The predicted molar refractivity (Wildman–Crippen MR) is 72.7 cm³/mol. The Balaban J connectivity index is 3.09. The van der Waals surface area contributed by atoms with Crippen molar-refractivity contribution in [3.05, 3.63) is 29.6 Å². The van der Waals surface area contributed by atoms with Crippen molar-refractivity contribution in [2.45, 2.75) is 19.4 Å². The van der Waals surface area contributed by atoms with Gasteiger partial charge >= 0.3 is 0 Å². The summed E-state index contributed by atoms with van der Waals surface area (Å²) >= 11 is 1.72. The normalized spacial score (nSPS) is 12.2. The van der Waals surface area contributed by atoms with Crippen molar-refractivity contribution in [1.82, 2.24) is 0 Å². The van der Waals surface area contributed by atoms with E-state index < -0.39 is 0 Å². The second kappa shape index (κ2) is 6.64. The molecule has 0 saturated heterocycles. The van der Waals surface area contributed by atoms with Crippen molar-refractivity contribution in [2.24, 2.45) is 0 Å². The van der Waals surface area contributed by atoms with Crippen LogP contribution in [-0.4, -0.2) is 31.4 Å². The SMILES string of the molecule is CCC(CSC)N(C)c1c(F)cccc1C=O. The lowest BCUT2D eigenvalue weighted by molar-refractivity contribution is 0.112. The van der Waals surface area contributed by atoms with E-state index in [1.807, 2.05) is 18.2 Å². The Morgan fingerprint density at radius 3 is 2.76 bits per heavy atom. The lowest BCUT2D eigenvalue weighted by Crippen LogP contribution is -2.34. The summed E-state index contributed by atoms with van der Waals surface area (Å²) in [5.74, 6) is 0.580. The number of anilines is 1. The van der Waals surface area contributed by atoms with Gasteiger partial charge in [-0.1, -0.05) is 13.0 Å². The molecule has 4 heteroatoms. The van der Waals surface area contributed by atoms with Crippen molar-refractivity contribution < 1.29 is 9.18 Å². The molecule has 1 aromatic rings. The first-order chi connectivity index (χ1) is 8.15. The van der Waals surface area contributed by atoms with Gasteiger partial charge in [-0.05, 0) is 24.8 Å². The summed E-state index contributed by atoms with van der Waals surface area (Å²) in [5.41, 5.74) is 0.815. The summed E-state index contributed by atoms with van der Waals surface area (Å²) in [6, 6.07) is 4.84.